The summed E-state index contributed by atoms with van der Waals surface area (Å²) in [4.78, 5) is 23.7. The zero-order chi connectivity index (χ0) is 15.5. The van der Waals surface area contributed by atoms with E-state index in [1.807, 2.05) is 0 Å². The number of aromatic nitrogens is 2. The van der Waals surface area contributed by atoms with Gasteiger partial charge in [0, 0.05) is 19.9 Å². The van der Waals surface area contributed by atoms with Crippen molar-refractivity contribution in [1.29, 1.82) is 0 Å². The number of ether oxygens (including phenoxy) is 1. The van der Waals surface area contributed by atoms with Gasteiger partial charge in [0.2, 0.25) is 5.91 Å². The van der Waals surface area contributed by atoms with Crippen LogP contribution in [0.5, 0.6) is 5.75 Å². The molecule has 118 valence electrons. The standard InChI is InChI=1S/C14H19N5O3/c1-19-13(20)6-5-11(18-19)14(21)17-10-3-2-4-12(10)22-9-7-15-16-8-9/h7-8,10,12H,2-6H2,1H3,(H,15,16)(H,17,21)/t10-,12+/m0/s1. The quantitative estimate of drug-likeness (QED) is 0.842. The van der Waals surface area contributed by atoms with E-state index in [1.165, 1.54) is 5.01 Å². The van der Waals surface area contributed by atoms with Crippen LogP contribution in [-0.4, -0.2) is 51.9 Å². The number of rotatable bonds is 4. The molecular weight excluding hydrogens is 286 g/mol. The maximum atomic E-state index is 12.3. The molecule has 0 unspecified atom stereocenters. The molecule has 0 radical (unpaired) electrons. The number of aromatic amines is 1. The van der Waals surface area contributed by atoms with Gasteiger partial charge in [-0.1, -0.05) is 0 Å². The number of nitrogens with zero attached hydrogens (tertiary/aromatic N) is 3. The lowest BCUT2D eigenvalue weighted by Gasteiger charge is -2.23. The first-order chi connectivity index (χ1) is 10.6. The minimum Gasteiger partial charge on any atom is -0.485 e. The van der Waals surface area contributed by atoms with Gasteiger partial charge >= 0.3 is 0 Å². The summed E-state index contributed by atoms with van der Waals surface area (Å²) in [5.74, 6) is 0.386. The van der Waals surface area contributed by atoms with Crippen molar-refractivity contribution in [2.45, 2.75) is 44.2 Å². The number of carbonyl (C=O) groups is 2. The van der Waals surface area contributed by atoms with E-state index in [0.29, 0.717) is 24.3 Å². The Labute approximate surface area is 127 Å². The highest BCUT2D eigenvalue weighted by Gasteiger charge is 2.32. The second kappa shape index (κ2) is 6.17. The summed E-state index contributed by atoms with van der Waals surface area (Å²) in [6.07, 6.45) is 6.70. The van der Waals surface area contributed by atoms with E-state index in [0.717, 1.165) is 19.3 Å². The Morgan fingerprint density at radius 3 is 3.05 bits per heavy atom. The van der Waals surface area contributed by atoms with Crippen molar-refractivity contribution in [2.75, 3.05) is 7.05 Å². The summed E-state index contributed by atoms with van der Waals surface area (Å²) in [6.45, 7) is 0. The molecule has 2 N–H and O–H groups in total. The first-order valence-electron chi connectivity index (χ1n) is 7.44. The molecule has 1 aliphatic heterocycles. The maximum Gasteiger partial charge on any atom is 0.267 e. The number of hydrazone groups is 1. The van der Waals surface area contributed by atoms with Gasteiger partial charge in [0.05, 0.1) is 18.4 Å². The number of carbonyl (C=O) groups excluding carboxylic acids is 2. The van der Waals surface area contributed by atoms with Crippen LogP contribution >= 0.6 is 0 Å². The minimum atomic E-state index is -0.216. The van der Waals surface area contributed by atoms with Gasteiger partial charge in [-0.2, -0.15) is 10.2 Å². The largest absolute Gasteiger partial charge is 0.485 e. The van der Waals surface area contributed by atoms with Crippen LogP contribution in [-0.2, 0) is 9.59 Å². The van der Waals surface area contributed by atoms with E-state index in [-0.39, 0.29) is 24.0 Å². The third-order valence-electron chi connectivity index (χ3n) is 4.00. The summed E-state index contributed by atoms with van der Waals surface area (Å²) in [5, 5.41) is 14.8. The van der Waals surface area contributed by atoms with Crippen LogP contribution in [0.15, 0.2) is 17.5 Å². The maximum absolute atomic E-state index is 12.3. The third-order valence-corrected chi connectivity index (χ3v) is 4.00. The molecule has 3 rings (SSSR count). The van der Waals surface area contributed by atoms with Gasteiger partial charge in [0.1, 0.15) is 11.8 Å². The smallest absolute Gasteiger partial charge is 0.267 e. The molecule has 0 aromatic carbocycles. The van der Waals surface area contributed by atoms with Crippen molar-refractivity contribution >= 4 is 17.5 Å². The van der Waals surface area contributed by atoms with Gasteiger partial charge in [-0.25, -0.2) is 5.01 Å². The van der Waals surface area contributed by atoms with Gasteiger partial charge in [0.25, 0.3) is 5.91 Å². The molecule has 2 amide bonds. The van der Waals surface area contributed by atoms with Crippen molar-refractivity contribution in [1.82, 2.24) is 20.5 Å². The Morgan fingerprint density at radius 2 is 2.32 bits per heavy atom. The number of amides is 2. The Morgan fingerprint density at radius 1 is 1.45 bits per heavy atom. The summed E-state index contributed by atoms with van der Waals surface area (Å²) < 4.78 is 5.84. The number of hydrogen-bond donors (Lipinski definition) is 2. The van der Waals surface area contributed by atoms with Gasteiger partial charge < -0.3 is 10.1 Å². The third kappa shape index (κ3) is 3.10. The van der Waals surface area contributed by atoms with Crippen molar-refractivity contribution in [3.05, 3.63) is 12.4 Å². The predicted octanol–water partition coefficient (Wildman–Crippen LogP) is 0.434. The molecule has 0 spiro atoms. The second-order valence-corrected chi connectivity index (χ2v) is 5.57. The fraction of sp³-hybridized carbons (Fsp3) is 0.571. The molecular formula is C14H19N5O3. The predicted molar refractivity (Wildman–Crippen MR) is 78.2 cm³/mol. The van der Waals surface area contributed by atoms with Crippen molar-refractivity contribution in [2.24, 2.45) is 5.10 Å². The molecule has 1 aromatic heterocycles. The van der Waals surface area contributed by atoms with E-state index < -0.39 is 0 Å². The molecule has 1 aliphatic carbocycles. The van der Waals surface area contributed by atoms with Crippen LogP contribution < -0.4 is 10.1 Å². The SMILES string of the molecule is CN1N=C(C(=O)N[C@H]2CCC[C@H]2Oc2cn[nH]c2)CCC1=O. The molecule has 1 fully saturated rings. The lowest BCUT2D eigenvalue weighted by Crippen LogP contribution is -2.46. The summed E-state index contributed by atoms with van der Waals surface area (Å²) in [7, 11) is 1.56. The van der Waals surface area contributed by atoms with Crippen LogP contribution in [0.1, 0.15) is 32.1 Å². The molecule has 2 heterocycles. The first-order valence-corrected chi connectivity index (χ1v) is 7.44. The highest BCUT2D eigenvalue weighted by atomic mass is 16.5. The lowest BCUT2D eigenvalue weighted by molar-refractivity contribution is -0.130. The fourth-order valence-electron chi connectivity index (χ4n) is 2.80. The van der Waals surface area contributed by atoms with Gasteiger partial charge in [-0.3, -0.25) is 14.7 Å². The highest BCUT2D eigenvalue weighted by molar-refractivity contribution is 6.39. The lowest BCUT2D eigenvalue weighted by atomic mass is 10.1. The van der Waals surface area contributed by atoms with E-state index in [2.05, 4.69) is 20.6 Å². The minimum absolute atomic E-state index is 0.0481. The zero-order valence-corrected chi connectivity index (χ0v) is 12.4. The van der Waals surface area contributed by atoms with E-state index in [4.69, 9.17) is 4.74 Å². The number of nitrogens with one attached hydrogen (secondary N) is 2. The Kier molecular flexibility index (Phi) is 4.08. The van der Waals surface area contributed by atoms with Crippen LogP contribution in [0.2, 0.25) is 0 Å². The van der Waals surface area contributed by atoms with Crippen LogP contribution in [0.3, 0.4) is 0 Å². The van der Waals surface area contributed by atoms with Crippen LogP contribution in [0.4, 0.5) is 0 Å². The first kappa shape index (κ1) is 14.6. The van der Waals surface area contributed by atoms with E-state index >= 15 is 0 Å². The molecule has 2 atom stereocenters. The molecule has 1 saturated carbocycles. The molecule has 0 saturated heterocycles. The van der Waals surface area contributed by atoms with E-state index in [1.54, 1.807) is 19.4 Å². The molecule has 8 heteroatoms. The number of hydrogen-bond acceptors (Lipinski definition) is 5. The molecule has 0 bridgehead atoms. The number of H-pyrrole nitrogens is 1. The zero-order valence-electron chi connectivity index (χ0n) is 12.4. The summed E-state index contributed by atoms with van der Waals surface area (Å²) >= 11 is 0. The van der Waals surface area contributed by atoms with Crippen LogP contribution in [0, 0.1) is 0 Å². The average Bonchev–Trinajstić information content (AvgIpc) is 3.15. The van der Waals surface area contributed by atoms with Crippen molar-refractivity contribution in [3.63, 3.8) is 0 Å². The summed E-state index contributed by atoms with van der Waals surface area (Å²) in [6, 6.07) is -0.0481. The van der Waals surface area contributed by atoms with Crippen LogP contribution in [0.25, 0.3) is 0 Å². The molecule has 1 aromatic rings. The molecule has 2 aliphatic rings. The van der Waals surface area contributed by atoms with Crippen molar-refractivity contribution in [3.8, 4) is 5.75 Å². The van der Waals surface area contributed by atoms with Gasteiger partial charge in [-0.05, 0) is 19.3 Å². The van der Waals surface area contributed by atoms with Gasteiger partial charge in [0.15, 0.2) is 5.75 Å². The summed E-state index contributed by atoms with van der Waals surface area (Å²) in [5.41, 5.74) is 0.399. The molecule has 8 nitrogen and oxygen atoms in total. The topological polar surface area (TPSA) is 99.7 Å². The Bertz CT molecular complexity index is 583. The average molecular weight is 305 g/mol. The monoisotopic (exact) mass is 305 g/mol. The second-order valence-electron chi connectivity index (χ2n) is 5.57. The van der Waals surface area contributed by atoms with E-state index in [9.17, 15) is 9.59 Å². The van der Waals surface area contributed by atoms with Crippen molar-refractivity contribution < 1.29 is 14.3 Å². The normalized spacial score (nSPS) is 25.0. The highest BCUT2D eigenvalue weighted by Crippen LogP contribution is 2.24. The van der Waals surface area contributed by atoms with Gasteiger partial charge in [-0.15, -0.1) is 0 Å². The molecule has 22 heavy (non-hydrogen) atoms. The fourth-order valence-corrected chi connectivity index (χ4v) is 2.80. The Hall–Kier alpha value is -2.38. The Balaban J connectivity index is 1.60.